The number of carbonyl (C=O) groups excluding carboxylic acids is 1. The number of hydrogen-bond donors (Lipinski definition) is 1. The molecule has 2 aliphatic heterocycles. The standard InChI is InChI=1S/C18H26N2O3/c21-17-18(22,15-19-11-13-23-14-12-19)8-4-9-20(17)10-7-16-5-2-1-3-6-16/h1-3,5-6,22H,4,7-15H2. The van der Waals surface area contributed by atoms with Gasteiger partial charge < -0.3 is 14.7 Å². The van der Waals surface area contributed by atoms with Gasteiger partial charge in [0.2, 0.25) is 0 Å². The molecule has 5 heteroatoms. The van der Waals surface area contributed by atoms with E-state index < -0.39 is 5.60 Å². The molecule has 1 amide bonds. The van der Waals surface area contributed by atoms with Crippen molar-refractivity contribution in [3.05, 3.63) is 35.9 Å². The van der Waals surface area contributed by atoms with E-state index in [1.165, 1.54) is 5.56 Å². The molecule has 1 aromatic carbocycles. The molecule has 2 saturated heterocycles. The molecule has 3 rings (SSSR count). The fourth-order valence-corrected chi connectivity index (χ4v) is 3.46. The van der Waals surface area contributed by atoms with Crippen molar-refractivity contribution in [2.24, 2.45) is 0 Å². The van der Waals surface area contributed by atoms with Crippen molar-refractivity contribution < 1.29 is 14.6 Å². The van der Waals surface area contributed by atoms with E-state index in [1.54, 1.807) is 0 Å². The second kappa shape index (κ2) is 7.43. The minimum atomic E-state index is -1.23. The summed E-state index contributed by atoms with van der Waals surface area (Å²) in [4.78, 5) is 16.7. The first-order valence-electron chi connectivity index (χ1n) is 8.53. The summed E-state index contributed by atoms with van der Waals surface area (Å²) in [6, 6.07) is 10.2. The van der Waals surface area contributed by atoms with Crippen LogP contribution in [-0.2, 0) is 16.0 Å². The molecule has 5 nitrogen and oxygen atoms in total. The minimum absolute atomic E-state index is 0.105. The van der Waals surface area contributed by atoms with Crippen LogP contribution in [0.25, 0.3) is 0 Å². The highest BCUT2D eigenvalue weighted by Gasteiger charge is 2.43. The zero-order valence-electron chi connectivity index (χ0n) is 13.6. The van der Waals surface area contributed by atoms with Crippen molar-refractivity contribution >= 4 is 5.91 Å². The molecule has 23 heavy (non-hydrogen) atoms. The number of carbonyl (C=O) groups is 1. The quantitative estimate of drug-likeness (QED) is 0.877. The van der Waals surface area contributed by atoms with Gasteiger partial charge in [0.25, 0.3) is 5.91 Å². The van der Waals surface area contributed by atoms with Crippen molar-refractivity contribution in [1.82, 2.24) is 9.80 Å². The average Bonchev–Trinajstić information content (AvgIpc) is 2.58. The molecule has 1 unspecified atom stereocenters. The first-order valence-corrected chi connectivity index (χ1v) is 8.53. The van der Waals surface area contributed by atoms with Crippen LogP contribution in [0.4, 0.5) is 0 Å². The van der Waals surface area contributed by atoms with Crippen LogP contribution in [0.3, 0.4) is 0 Å². The van der Waals surface area contributed by atoms with Gasteiger partial charge in [0.05, 0.1) is 13.2 Å². The lowest BCUT2D eigenvalue weighted by Gasteiger charge is -2.41. The lowest BCUT2D eigenvalue weighted by atomic mass is 9.90. The Hall–Kier alpha value is -1.43. The maximum Gasteiger partial charge on any atom is 0.255 e. The summed E-state index contributed by atoms with van der Waals surface area (Å²) in [5, 5.41) is 10.9. The maximum atomic E-state index is 12.8. The topological polar surface area (TPSA) is 53.0 Å². The molecule has 0 bridgehead atoms. The maximum absolute atomic E-state index is 12.8. The van der Waals surface area contributed by atoms with E-state index >= 15 is 0 Å². The molecule has 2 fully saturated rings. The third kappa shape index (κ3) is 4.10. The van der Waals surface area contributed by atoms with E-state index in [0.29, 0.717) is 32.7 Å². The lowest BCUT2D eigenvalue weighted by molar-refractivity contribution is -0.160. The number of rotatable bonds is 5. The van der Waals surface area contributed by atoms with Crippen LogP contribution in [0.1, 0.15) is 18.4 Å². The fraction of sp³-hybridized carbons (Fsp3) is 0.611. The molecule has 2 heterocycles. The Labute approximate surface area is 137 Å². The number of nitrogens with zero attached hydrogens (tertiary/aromatic N) is 2. The van der Waals surface area contributed by atoms with Gasteiger partial charge in [0, 0.05) is 32.7 Å². The van der Waals surface area contributed by atoms with Gasteiger partial charge in [-0.1, -0.05) is 30.3 Å². The van der Waals surface area contributed by atoms with Gasteiger partial charge in [-0.3, -0.25) is 9.69 Å². The summed E-state index contributed by atoms with van der Waals surface area (Å²) in [6.07, 6.45) is 2.26. The van der Waals surface area contributed by atoms with Crippen molar-refractivity contribution in [2.75, 3.05) is 45.9 Å². The molecule has 1 atom stereocenters. The molecular weight excluding hydrogens is 292 g/mol. The molecule has 1 N–H and O–H groups in total. The molecule has 0 saturated carbocycles. The summed E-state index contributed by atoms with van der Waals surface area (Å²) in [5.74, 6) is -0.105. The van der Waals surface area contributed by atoms with Gasteiger partial charge in [-0.05, 0) is 24.8 Å². The minimum Gasteiger partial charge on any atom is -0.379 e. The highest BCUT2D eigenvalue weighted by Crippen LogP contribution is 2.24. The molecule has 1 aromatic rings. The third-order valence-corrected chi connectivity index (χ3v) is 4.81. The number of amides is 1. The number of aliphatic hydroxyl groups is 1. The summed E-state index contributed by atoms with van der Waals surface area (Å²) in [5.41, 5.74) is -0.00526. The molecular formula is C18H26N2O3. The van der Waals surface area contributed by atoms with Crippen molar-refractivity contribution in [3.8, 4) is 0 Å². The Morgan fingerprint density at radius 3 is 2.61 bits per heavy atom. The monoisotopic (exact) mass is 318 g/mol. The van der Waals surface area contributed by atoms with Crippen molar-refractivity contribution in [1.29, 1.82) is 0 Å². The SMILES string of the molecule is O=C1N(CCc2ccccc2)CCCC1(O)CN1CCOCC1. The number of hydrogen-bond acceptors (Lipinski definition) is 4. The van der Waals surface area contributed by atoms with Crippen LogP contribution >= 0.6 is 0 Å². The van der Waals surface area contributed by atoms with E-state index in [4.69, 9.17) is 4.74 Å². The number of β-amino-alcohol motifs (C(OH)–C–C–N with tert-alkyl or cyclic N) is 1. The summed E-state index contributed by atoms with van der Waals surface area (Å²) in [6.45, 7) is 4.80. The van der Waals surface area contributed by atoms with Crippen LogP contribution in [0, 0.1) is 0 Å². The van der Waals surface area contributed by atoms with Gasteiger partial charge in [-0.15, -0.1) is 0 Å². The first kappa shape index (κ1) is 16.4. The fourth-order valence-electron chi connectivity index (χ4n) is 3.46. The molecule has 0 spiro atoms. The zero-order chi connectivity index (χ0) is 16.1. The number of piperidine rings is 1. The van der Waals surface area contributed by atoms with Crippen molar-refractivity contribution in [3.63, 3.8) is 0 Å². The van der Waals surface area contributed by atoms with Gasteiger partial charge in [-0.25, -0.2) is 0 Å². The number of benzene rings is 1. The van der Waals surface area contributed by atoms with Crippen LogP contribution < -0.4 is 0 Å². The predicted octanol–water partition coefficient (Wildman–Crippen LogP) is 0.915. The molecule has 0 aliphatic carbocycles. The summed E-state index contributed by atoms with van der Waals surface area (Å²) >= 11 is 0. The first-order chi connectivity index (χ1) is 11.2. The average molecular weight is 318 g/mol. The van der Waals surface area contributed by atoms with E-state index in [2.05, 4.69) is 17.0 Å². The van der Waals surface area contributed by atoms with Crippen molar-refractivity contribution in [2.45, 2.75) is 24.9 Å². The Balaban J connectivity index is 1.58. The van der Waals surface area contributed by atoms with Crippen LogP contribution in [0.2, 0.25) is 0 Å². The molecule has 2 aliphatic rings. The van der Waals surface area contributed by atoms with Crippen LogP contribution in [-0.4, -0.2) is 72.4 Å². The highest BCUT2D eigenvalue weighted by molar-refractivity contribution is 5.86. The lowest BCUT2D eigenvalue weighted by Crippen LogP contribution is -2.59. The summed E-state index contributed by atoms with van der Waals surface area (Å²) in [7, 11) is 0. The zero-order valence-corrected chi connectivity index (χ0v) is 13.6. The van der Waals surface area contributed by atoms with Gasteiger partial charge >= 0.3 is 0 Å². The number of ether oxygens (including phenoxy) is 1. The van der Waals surface area contributed by atoms with Crippen LogP contribution in [0.15, 0.2) is 30.3 Å². The summed E-state index contributed by atoms with van der Waals surface area (Å²) < 4.78 is 5.34. The smallest absolute Gasteiger partial charge is 0.255 e. The normalized spacial score (nSPS) is 26.5. The van der Waals surface area contributed by atoms with E-state index in [9.17, 15) is 9.90 Å². The Bertz CT molecular complexity index is 516. The Morgan fingerprint density at radius 1 is 1.13 bits per heavy atom. The van der Waals surface area contributed by atoms with E-state index in [0.717, 1.165) is 32.5 Å². The number of morpholine rings is 1. The van der Waals surface area contributed by atoms with E-state index in [1.807, 2.05) is 23.1 Å². The number of likely N-dealkylation sites (tertiary alicyclic amines) is 1. The van der Waals surface area contributed by atoms with Gasteiger partial charge in [-0.2, -0.15) is 0 Å². The van der Waals surface area contributed by atoms with Crippen LogP contribution in [0.5, 0.6) is 0 Å². The Kier molecular flexibility index (Phi) is 5.30. The molecule has 126 valence electrons. The second-order valence-electron chi connectivity index (χ2n) is 6.55. The van der Waals surface area contributed by atoms with E-state index in [-0.39, 0.29) is 5.91 Å². The molecule has 0 aromatic heterocycles. The van der Waals surface area contributed by atoms with Gasteiger partial charge in [0.15, 0.2) is 5.60 Å². The highest BCUT2D eigenvalue weighted by atomic mass is 16.5. The predicted molar refractivity (Wildman–Crippen MR) is 88.2 cm³/mol. The molecule has 0 radical (unpaired) electrons. The largest absolute Gasteiger partial charge is 0.379 e. The third-order valence-electron chi connectivity index (χ3n) is 4.81. The second-order valence-corrected chi connectivity index (χ2v) is 6.55. The van der Waals surface area contributed by atoms with Gasteiger partial charge in [0.1, 0.15) is 0 Å². The Morgan fingerprint density at radius 2 is 1.87 bits per heavy atom.